The van der Waals surface area contributed by atoms with Crippen LogP contribution in [0.5, 0.6) is 0 Å². The molecule has 96 valence electrons. The normalized spacial score (nSPS) is 11.0. The Morgan fingerprint density at radius 3 is 2.89 bits per heavy atom. The highest BCUT2D eigenvalue weighted by Crippen LogP contribution is 2.34. The molecule has 3 aromatic rings. The first-order chi connectivity index (χ1) is 9.29. The van der Waals surface area contributed by atoms with Gasteiger partial charge in [-0.15, -0.1) is 11.8 Å². The van der Waals surface area contributed by atoms with Gasteiger partial charge in [-0.1, -0.05) is 6.92 Å². The van der Waals surface area contributed by atoms with Gasteiger partial charge in [-0.3, -0.25) is 0 Å². The molecule has 0 fully saturated rings. The van der Waals surface area contributed by atoms with Gasteiger partial charge in [0.2, 0.25) is 5.95 Å². The Bertz CT molecular complexity index is 722. The third-order valence-electron chi connectivity index (χ3n) is 2.79. The summed E-state index contributed by atoms with van der Waals surface area (Å²) in [5.41, 5.74) is 8.34. The maximum Gasteiger partial charge on any atom is 0.220 e. The van der Waals surface area contributed by atoms with Crippen molar-refractivity contribution in [2.75, 3.05) is 11.5 Å². The van der Waals surface area contributed by atoms with Crippen molar-refractivity contribution in [3.8, 4) is 11.3 Å². The highest BCUT2D eigenvalue weighted by molar-refractivity contribution is 7.99. The number of anilines is 1. The van der Waals surface area contributed by atoms with Gasteiger partial charge in [-0.25, -0.2) is 15.0 Å². The fourth-order valence-corrected chi connectivity index (χ4v) is 2.85. The highest BCUT2D eigenvalue weighted by atomic mass is 32.2. The molecule has 0 bridgehead atoms. The van der Waals surface area contributed by atoms with E-state index in [1.54, 1.807) is 18.0 Å². The average molecular weight is 271 g/mol. The van der Waals surface area contributed by atoms with Crippen molar-refractivity contribution < 1.29 is 0 Å². The lowest BCUT2D eigenvalue weighted by Gasteiger charge is -2.04. The van der Waals surface area contributed by atoms with Crippen molar-refractivity contribution in [1.29, 1.82) is 0 Å². The second kappa shape index (κ2) is 4.89. The summed E-state index contributed by atoms with van der Waals surface area (Å²) in [4.78, 5) is 16.9. The van der Waals surface area contributed by atoms with E-state index >= 15 is 0 Å². The maximum atomic E-state index is 5.65. The van der Waals surface area contributed by atoms with Gasteiger partial charge < -0.3 is 10.7 Å². The number of pyridine rings is 1. The molecule has 0 unspecified atom stereocenters. The molecule has 0 atom stereocenters. The van der Waals surface area contributed by atoms with Gasteiger partial charge in [0.15, 0.2) is 0 Å². The van der Waals surface area contributed by atoms with Crippen LogP contribution in [0, 0.1) is 0 Å². The number of H-pyrrole nitrogens is 1. The molecule has 0 radical (unpaired) electrons. The van der Waals surface area contributed by atoms with Crippen molar-refractivity contribution >= 4 is 28.7 Å². The molecule has 19 heavy (non-hydrogen) atoms. The van der Waals surface area contributed by atoms with Gasteiger partial charge in [-0.2, -0.15) is 0 Å². The first kappa shape index (κ1) is 12.0. The van der Waals surface area contributed by atoms with E-state index in [2.05, 4.69) is 26.9 Å². The number of nitrogens with one attached hydrogen (secondary N) is 1. The van der Waals surface area contributed by atoms with E-state index in [1.807, 2.05) is 24.5 Å². The summed E-state index contributed by atoms with van der Waals surface area (Å²) in [6.45, 7) is 2.13. The minimum Gasteiger partial charge on any atom is -0.368 e. The van der Waals surface area contributed by atoms with Crippen LogP contribution in [0.3, 0.4) is 0 Å². The number of thioether (sulfide) groups is 1. The van der Waals surface area contributed by atoms with Crippen LogP contribution in [-0.4, -0.2) is 25.7 Å². The SMILES string of the molecule is CCSc1ccnc2[nH]cc(-c3ccnc(N)n3)c12. The van der Waals surface area contributed by atoms with Crippen molar-refractivity contribution in [2.24, 2.45) is 0 Å². The number of nitrogen functional groups attached to an aromatic ring is 1. The zero-order chi connectivity index (χ0) is 13.2. The smallest absolute Gasteiger partial charge is 0.220 e. The first-order valence-corrected chi connectivity index (χ1v) is 6.96. The fraction of sp³-hybridized carbons (Fsp3) is 0.154. The molecular weight excluding hydrogens is 258 g/mol. The number of aromatic nitrogens is 4. The predicted octanol–water partition coefficient (Wildman–Crippen LogP) is 2.71. The second-order valence-electron chi connectivity index (χ2n) is 3.97. The third-order valence-corrected chi connectivity index (χ3v) is 3.73. The molecule has 3 aromatic heterocycles. The molecule has 5 nitrogen and oxygen atoms in total. The first-order valence-electron chi connectivity index (χ1n) is 5.97. The van der Waals surface area contributed by atoms with Crippen LogP contribution < -0.4 is 5.73 Å². The lowest BCUT2D eigenvalue weighted by Crippen LogP contribution is -1.95. The van der Waals surface area contributed by atoms with Crippen molar-refractivity contribution in [1.82, 2.24) is 19.9 Å². The van der Waals surface area contributed by atoms with E-state index in [-0.39, 0.29) is 5.95 Å². The Morgan fingerprint density at radius 1 is 1.26 bits per heavy atom. The Balaban J connectivity index is 2.24. The summed E-state index contributed by atoms with van der Waals surface area (Å²) in [6.07, 6.45) is 5.40. The summed E-state index contributed by atoms with van der Waals surface area (Å²) >= 11 is 1.79. The lowest BCUT2D eigenvalue weighted by atomic mass is 10.1. The van der Waals surface area contributed by atoms with Crippen LogP contribution in [0.4, 0.5) is 5.95 Å². The van der Waals surface area contributed by atoms with Crippen molar-refractivity contribution in [2.45, 2.75) is 11.8 Å². The number of hydrogen-bond acceptors (Lipinski definition) is 5. The zero-order valence-corrected chi connectivity index (χ0v) is 11.2. The van der Waals surface area contributed by atoms with Gasteiger partial charge in [0, 0.05) is 34.4 Å². The monoisotopic (exact) mass is 271 g/mol. The number of aromatic amines is 1. The molecule has 0 aliphatic carbocycles. The summed E-state index contributed by atoms with van der Waals surface area (Å²) in [5, 5.41) is 1.09. The number of nitrogens with two attached hydrogens (primary N) is 1. The molecule has 3 rings (SSSR count). The quantitative estimate of drug-likeness (QED) is 0.716. The van der Waals surface area contributed by atoms with Gasteiger partial charge in [0.1, 0.15) is 5.65 Å². The summed E-state index contributed by atoms with van der Waals surface area (Å²) < 4.78 is 0. The van der Waals surface area contributed by atoms with Crippen LogP contribution in [-0.2, 0) is 0 Å². The van der Waals surface area contributed by atoms with Crippen molar-refractivity contribution in [3.05, 3.63) is 30.7 Å². The topological polar surface area (TPSA) is 80.5 Å². The molecular formula is C13H13N5S. The van der Waals surface area contributed by atoms with Gasteiger partial charge in [0.05, 0.1) is 5.69 Å². The molecule has 0 saturated carbocycles. The zero-order valence-electron chi connectivity index (χ0n) is 10.4. The van der Waals surface area contributed by atoms with Crippen LogP contribution in [0.1, 0.15) is 6.92 Å². The fourth-order valence-electron chi connectivity index (χ4n) is 2.03. The molecule has 3 heterocycles. The van der Waals surface area contributed by atoms with Gasteiger partial charge in [-0.05, 0) is 17.9 Å². The molecule has 0 amide bonds. The van der Waals surface area contributed by atoms with Gasteiger partial charge >= 0.3 is 0 Å². The number of rotatable bonds is 3. The molecule has 0 aliphatic heterocycles. The number of fused-ring (bicyclic) bond motifs is 1. The summed E-state index contributed by atoms with van der Waals surface area (Å²) in [5.74, 6) is 1.29. The minimum atomic E-state index is 0.278. The molecule has 6 heteroatoms. The maximum absolute atomic E-state index is 5.65. The van der Waals surface area contributed by atoms with Gasteiger partial charge in [0.25, 0.3) is 0 Å². The Morgan fingerprint density at radius 2 is 2.11 bits per heavy atom. The van der Waals surface area contributed by atoms with E-state index in [9.17, 15) is 0 Å². The molecule has 3 N–H and O–H groups in total. The second-order valence-corrected chi connectivity index (χ2v) is 5.27. The molecule has 0 aromatic carbocycles. The standard InChI is InChI=1S/C13H13N5S/c1-2-19-10-4-6-15-12-11(10)8(7-17-12)9-3-5-16-13(14)18-9/h3-7H,2H2,1H3,(H,15,17)(H2,14,16,18). The van der Waals surface area contributed by atoms with Crippen molar-refractivity contribution in [3.63, 3.8) is 0 Å². The minimum absolute atomic E-state index is 0.278. The van der Waals surface area contributed by atoms with Crippen LogP contribution >= 0.6 is 11.8 Å². The average Bonchev–Trinajstić information content (AvgIpc) is 2.84. The highest BCUT2D eigenvalue weighted by Gasteiger charge is 2.12. The number of hydrogen-bond donors (Lipinski definition) is 2. The van der Waals surface area contributed by atoms with E-state index in [1.165, 1.54) is 4.90 Å². The Labute approximate surface area is 114 Å². The summed E-state index contributed by atoms with van der Waals surface area (Å²) in [6, 6.07) is 3.88. The van der Waals surface area contributed by atoms with Crippen LogP contribution in [0.15, 0.2) is 35.6 Å². The molecule has 0 saturated heterocycles. The summed E-state index contributed by atoms with van der Waals surface area (Å²) in [7, 11) is 0. The Kier molecular flexibility index (Phi) is 3.08. The van der Waals surface area contributed by atoms with E-state index in [4.69, 9.17) is 5.73 Å². The largest absolute Gasteiger partial charge is 0.368 e. The van der Waals surface area contributed by atoms with E-state index < -0.39 is 0 Å². The van der Waals surface area contributed by atoms with E-state index in [0.717, 1.165) is 28.0 Å². The van der Waals surface area contributed by atoms with Crippen LogP contribution in [0.2, 0.25) is 0 Å². The van der Waals surface area contributed by atoms with E-state index in [0.29, 0.717) is 0 Å². The number of nitrogens with zero attached hydrogens (tertiary/aromatic N) is 3. The van der Waals surface area contributed by atoms with Crippen LogP contribution in [0.25, 0.3) is 22.3 Å². The third kappa shape index (κ3) is 2.15. The predicted molar refractivity (Wildman–Crippen MR) is 77.9 cm³/mol. The Hall–Kier alpha value is -2.08. The molecule has 0 spiro atoms. The molecule has 0 aliphatic rings. The lowest BCUT2D eigenvalue weighted by molar-refractivity contribution is 1.19.